The molecule has 2 heteroatoms. The number of ether oxygens (including phenoxy) is 1. The summed E-state index contributed by atoms with van der Waals surface area (Å²) in [6.07, 6.45) is 3.72. The minimum Gasteiger partial charge on any atom is -0.497 e. The highest BCUT2D eigenvalue weighted by atomic mass is 16.5. The summed E-state index contributed by atoms with van der Waals surface area (Å²) in [6.45, 7) is 3.88. The molecule has 1 radical (unpaired) electrons. The van der Waals surface area contributed by atoms with Gasteiger partial charge in [-0.15, -0.1) is 0 Å². The molecule has 2 rings (SSSR count). The van der Waals surface area contributed by atoms with Gasteiger partial charge in [-0.2, -0.15) is 0 Å². The third-order valence-corrected chi connectivity index (χ3v) is 2.49. The van der Waals surface area contributed by atoms with Crippen molar-refractivity contribution in [3.63, 3.8) is 0 Å². The molecule has 1 aromatic carbocycles. The number of aromatic nitrogens is 1. The topological polar surface area (TPSA) is 22.1 Å². The lowest BCUT2D eigenvalue weighted by atomic mass is 10.1. The molecule has 1 heterocycles. The molecule has 2 nitrogen and oxygen atoms in total. The van der Waals surface area contributed by atoms with Crippen molar-refractivity contribution in [2.24, 2.45) is 0 Å². The maximum atomic E-state index is 5.21. The number of nitrogens with zero attached hydrogens (tertiary/aromatic N) is 1. The average Bonchev–Trinajstić information content (AvgIpc) is 2.29. The number of fused-ring (bicyclic) bond motifs is 1. The second-order valence-corrected chi connectivity index (χ2v) is 3.46. The van der Waals surface area contributed by atoms with Crippen LogP contribution in [-0.2, 0) is 6.42 Å². The Labute approximate surface area is 89.9 Å². The molecule has 0 aliphatic rings. The van der Waals surface area contributed by atoms with Gasteiger partial charge in [-0.25, -0.2) is 0 Å². The van der Waals surface area contributed by atoms with Crippen molar-refractivity contribution < 1.29 is 4.74 Å². The second kappa shape index (κ2) is 4.30. The minimum atomic E-state index is 0.876. The van der Waals surface area contributed by atoms with Crippen LogP contribution in [-0.4, -0.2) is 12.1 Å². The molecule has 0 saturated heterocycles. The van der Waals surface area contributed by atoms with E-state index in [0.29, 0.717) is 0 Å². The molecule has 2 aromatic rings. The molecule has 1 aromatic heterocycles. The van der Waals surface area contributed by atoms with Crippen LogP contribution in [0.25, 0.3) is 10.9 Å². The zero-order valence-corrected chi connectivity index (χ0v) is 8.86. The first-order valence-corrected chi connectivity index (χ1v) is 5.06. The number of aryl methyl sites for hydroxylation is 1. The van der Waals surface area contributed by atoms with Crippen LogP contribution < -0.4 is 4.74 Å². The normalized spacial score (nSPS) is 10.5. The zero-order valence-electron chi connectivity index (χ0n) is 8.86. The smallest absolute Gasteiger partial charge is 0.119 e. The number of benzene rings is 1. The van der Waals surface area contributed by atoms with Gasteiger partial charge in [0.15, 0.2) is 0 Å². The zero-order chi connectivity index (χ0) is 10.7. The van der Waals surface area contributed by atoms with Crippen LogP contribution in [0.1, 0.15) is 12.0 Å². The number of methoxy groups -OCH3 is 1. The first-order chi connectivity index (χ1) is 7.35. The van der Waals surface area contributed by atoms with E-state index < -0.39 is 0 Å². The first-order valence-electron chi connectivity index (χ1n) is 5.06. The largest absolute Gasteiger partial charge is 0.497 e. The van der Waals surface area contributed by atoms with E-state index in [1.807, 2.05) is 30.5 Å². The third-order valence-electron chi connectivity index (χ3n) is 2.49. The molecular formula is C13H14NO. The Morgan fingerprint density at radius 1 is 1.33 bits per heavy atom. The summed E-state index contributed by atoms with van der Waals surface area (Å²) in [7, 11) is 1.68. The fourth-order valence-corrected chi connectivity index (χ4v) is 1.72. The van der Waals surface area contributed by atoms with Crippen LogP contribution in [0.3, 0.4) is 0 Å². The Kier molecular flexibility index (Phi) is 2.86. The highest BCUT2D eigenvalue weighted by molar-refractivity contribution is 5.83. The van der Waals surface area contributed by atoms with Gasteiger partial charge in [0.05, 0.1) is 12.6 Å². The van der Waals surface area contributed by atoms with Gasteiger partial charge >= 0.3 is 0 Å². The third kappa shape index (κ3) is 1.94. The minimum absolute atomic E-state index is 0.876. The predicted molar refractivity (Wildman–Crippen MR) is 62.0 cm³/mol. The van der Waals surface area contributed by atoms with E-state index in [0.717, 1.165) is 24.1 Å². The molecule has 0 bridgehead atoms. The number of hydrogen-bond acceptors (Lipinski definition) is 2. The fourth-order valence-electron chi connectivity index (χ4n) is 1.72. The van der Waals surface area contributed by atoms with Crippen molar-refractivity contribution in [2.75, 3.05) is 7.11 Å². The van der Waals surface area contributed by atoms with Gasteiger partial charge in [0.1, 0.15) is 5.75 Å². The average molecular weight is 200 g/mol. The van der Waals surface area contributed by atoms with Crippen molar-refractivity contribution >= 4 is 10.9 Å². The highest BCUT2D eigenvalue weighted by Gasteiger charge is 2.02. The summed E-state index contributed by atoms with van der Waals surface area (Å²) in [5, 5.41) is 1.17. The number of pyridine rings is 1. The Morgan fingerprint density at radius 2 is 2.20 bits per heavy atom. The molecule has 0 spiro atoms. The Bertz CT molecular complexity index is 465. The van der Waals surface area contributed by atoms with Crippen LogP contribution in [0.4, 0.5) is 0 Å². The predicted octanol–water partition coefficient (Wildman–Crippen LogP) is 3.01. The Morgan fingerprint density at radius 3 is 2.93 bits per heavy atom. The summed E-state index contributed by atoms with van der Waals surface area (Å²) in [6, 6.07) is 8.00. The molecule has 0 amide bonds. The van der Waals surface area contributed by atoms with Crippen molar-refractivity contribution in [3.05, 3.63) is 42.9 Å². The molecule has 0 aliphatic carbocycles. The molecular weight excluding hydrogens is 186 g/mol. The molecule has 0 aliphatic heterocycles. The molecule has 0 fully saturated rings. The van der Waals surface area contributed by atoms with Crippen LogP contribution in [0, 0.1) is 6.92 Å². The van der Waals surface area contributed by atoms with Crippen molar-refractivity contribution in [3.8, 4) is 5.75 Å². The van der Waals surface area contributed by atoms with Gasteiger partial charge in [0.2, 0.25) is 0 Å². The maximum absolute atomic E-state index is 5.21. The quantitative estimate of drug-likeness (QED) is 0.759. The highest BCUT2D eigenvalue weighted by Crippen LogP contribution is 2.23. The molecule has 15 heavy (non-hydrogen) atoms. The van der Waals surface area contributed by atoms with Gasteiger partial charge < -0.3 is 4.74 Å². The monoisotopic (exact) mass is 200 g/mol. The van der Waals surface area contributed by atoms with E-state index in [9.17, 15) is 0 Å². The lowest BCUT2D eigenvalue weighted by Crippen LogP contribution is -1.90. The van der Waals surface area contributed by atoms with Gasteiger partial charge in [0, 0.05) is 11.6 Å². The van der Waals surface area contributed by atoms with Crippen molar-refractivity contribution in [2.45, 2.75) is 12.8 Å². The van der Waals surface area contributed by atoms with E-state index in [4.69, 9.17) is 4.74 Å². The van der Waals surface area contributed by atoms with Crippen LogP contribution >= 0.6 is 0 Å². The molecule has 0 unspecified atom stereocenters. The lowest BCUT2D eigenvalue weighted by Gasteiger charge is -2.06. The van der Waals surface area contributed by atoms with Gasteiger partial charge in [0.25, 0.3) is 0 Å². The van der Waals surface area contributed by atoms with E-state index in [-0.39, 0.29) is 0 Å². The molecule has 0 saturated carbocycles. The van der Waals surface area contributed by atoms with E-state index in [1.165, 1.54) is 10.9 Å². The summed E-state index contributed by atoms with van der Waals surface area (Å²) in [4.78, 5) is 4.32. The first kappa shape index (κ1) is 9.97. The lowest BCUT2D eigenvalue weighted by molar-refractivity contribution is 0.415. The van der Waals surface area contributed by atoms with E-state index in [2.05, 4.69) is 11.9 Å². The number of hydrogen-bond donors (Lipinski definition) is 0. The van der Waals surface area contributed by atoms with Crippen molar-refractivity contribution in [1.29, 1.82) is 0 Å². The molecule has 0 N–H and O–H groups in total. The summed E-state index contributed by atoms with van der Waals surface area (Å²) in [5.41, 5.74) is 2.30. The van der Waals surface area contributed by atoms with Crippen LogP contribution in [0.2, 0.25) is 0 Å². The summed E-state index contributed by atoms with van der Waals surface area (Å²) >= 11 is 0. The Hall–Kier alpha value is -1.57. The second-order valence-electron chi connectivity index (χ2n) is 3.46. The van der Waals surface area contributed by atoms with Crippen LogP contribution in [0.5, 0.6) is 5.75 Å². The van der Waals surface area contributed by atoms with E-state index >= 15 is 0 Å². The SMILES string of the molecule is [CH2]CCc1ccnc2ccc(OC)cc12. The molecule has 77 valence electrons. The summed E-state index contributed by atoms with van der Waals surface area (Å²) < 4.78 is 5.21. The van der Waals surface area contributed by atoms with Gasteiger partial charge in [-0.1, -0.05) is 6.92 Å². The summed E-state index contributed by atoms with van der Waals surface area (Å²) in [5.74, 6) is 0.876. The van der Waals surface area contributed by atoms with Gasteiger partial charge in [-0.05, 0) is 42.7 Å². The van der Waals surface area contributed by atoms with Crippen LogP contribution in [0.15, 0.2) is 30.5 Å². The molecule has 0 atom stereocenters. The van der Waals surface area contributed by atoms with Gasteiger partial charge in [-0.3, -0.25) is 4.98 Å². The number of rotatable bonds is 3. The van der Waals surface area contributed by atoms with E-state index in [1.54, 1.807) is 7.11 Å². The fraction of sp³-hybridized carbons (Fsp3) is 0.231. The Balaban J connectivity index is 2.59. The van der Waals surface area contributed by atoms with Crippen molar-refractivity contribution in [1.82, 2.24) is 4.98 Å². The maximum Gasteiger partial charge on any atom is 0.119 e. The standard InChI is InChI=1S/C13H14NO/c1-3-4-10-7-8-14-13-6-5-11(15-2)9-12(10)13/h5-9H,1,3-4H2,2H3.